The molecule has 1 rings (SSSR count). The van der Waals surface area contributed by atoms with Crippen molar-refractivity contribution in [2.75, 3.05) is 33.3 Å². The molecule has 1 unspecified atom stereocenters. The van der Waals surface area contributed by atoms with Crippen LogP contribution in [0, 0.1) is 0 Å². The van der Waals surface area contributed by atoms with Crippen LogP contribution in [0.5, 0.6) is 0 Å². The molecule has 0 radical (unpaired) electrons. The summed E-state index contributed by atoms with van der Waals surface area (Å²) >= 11 is 0. The Morgan fingerprint density at radius 3 is 2.71 bits per heavy atom. The van der Waals surface area contributed by atoms with Crippen molar-refractivity contribution in [2.45, 2.75) is 25.8 Å². The molecule has 1 N–H and O–H groups in total. The lowest BCUT2D eigenvalue weighted by Crippen LogP contribution is -2.40. The molecule has 0 spiro atoms. The molecule has 1 aliphatic rings. The number of methoxy groups -OCH3 is 1. The van der Waals surface area contributed by atoms with E-state index >= 15 is 0 Å². The lowest BCUT2D eigenvalue weighted by Gasteiger charge is -2.20. The minimum Gasteiger partial charge on any atom is -0.468 e. The zero-order valence-corrected chi connectivity index (χ0v) is 9.08. The molecular formula is C10H20N2O2. The van der Waals surface area contributed by atoms with Crippen molar-refractivity contribution in [3.63, 3.8) is 0 Å². The Balaban J connectivity index is 2.08. The molecule has 4 heteroatoms. The molecule has 1 heterocycles. The largest absolute Gasteiger partial charge is 0.468 e. The number of hydrogen-bond acceptors (Lipinski definition) is 4. The number of esters is 1. The molecule has 4 nitrogen and oxygen atoms in total. The van der Waals surface area contributed by atoms with E-state index in [1.54, 1.807) is 0 Å². The second-order valence-corrected chi connectivity index (χ2v) is 3.87. The third-order valence-electron chi connectivity index (χ3n) is 2.55. The van der Waals surface area contributed by atoms with Gasteiger partial charge in [-0.05, 0) is 32.9 Å². The van der Waals surface area contributed by atoms with Crippen LogP contribution in [0.15, 0.2) is 0 Å². The summed E-state index contributed by atoms with van der Waals surface area (Å²) in [5.74, 6) is -0.196. The van der Waals surface area contributed by atoms with Gasteiger partial charge < -0.3 is 15.0 Å². The molecule has 1 saturated heterocycles. The Hall–Kier alpha value is -0.610. The fourth-order valence-corrected chi connectivity index (χ4v) is 1.75. The van der Waals surface area contributed by atoms with E-state index in [4.69, 9.17) is 0 Å². The van der Waals surface area contributed by atoms with Gasteiger partial charge in [-0.25, -0.2) is 0 Å². The molecule has 14 heavy (non-hydrogen) atoms. The first-order valence-corrected chi connectivity index (χ1v) is 5.25. The summed E-state index contributed by atoms with van der Waals surface area (Å²) in [7, 11) is 1.41. The van der Waals surface area contributed by atoms with Gasteiger partial charge in [-0.3, -0.25) is 4.79 Å². The Morgan fingerprint density at radius 2 is 2.14 bits per heavy atom. The normalized spacial score (nSPS) is 19.6. The smallest absolute Gasteiger partial charge is 0.319 e. The average Bonchev–Trinajstić information content (AvgIpc) is 2.66. The van der Waals surface area contributed by atoms with Crippen molar-refractivity contribution in [1.29, 1.82) is 0 Å². The number of rotatable bonds is 5. The SMILES string of the molecule is COC(=O)CNC(C)CN1CCCC1. The van der Waals surface area contributed by atoms with Crippen molar-refractivity contribution in [3.8, 4) is 0 Å². The summed E-state index contributed by atoms with van der Waals surface area (Å²) < 4.78 is 4.56. The van der Waals surface area contributed by atoms with E-state index in [1.807, 2.05) is 0 Å². The molecule has 1 aliphatic heterocycles. The lowest BCUT2D eigenvalue weighted by molar-refractivity contribution is -0.139. The van der Waals surface area contributed by atoms with Crippen LogP contribution in [-0.4, -0.2) is 50.2 Å². The van der Waals surface area contributed by atoms with Gasteiger partial charge in [0.15, 0.2) is 0 Å². The molecular weight excluding hydrogens is 180 g/mol. The van der Waals surface area contributed by atoms with E-state index in [-0.39, 0.29) is 5.97 Å². The number of carbonyl (C=O) groups excluding carboxylic acids is 1. The molecule has 0 amide bonds. The van der Waals surface area contributed by atoms with Gasteiger partial charge in [0, 0.05) is 12.6 Å². The quantitative estimate of drug-likeness (QED) is 0.645. The summed E-state index contributed by atoms with van der Waals surface area (Å²) in [5.41, 5.74) is 0. The molecule has 0 aliphatic carbocycles. The van der Waals surface area contributed by atoms with E-state index in [9.17, 15) is 4.79 Å². The van der Waals surface area contributed by atoms with Gasteiger partial charge in [-0.15, -0.1) is 0 Å². The number of ether oxygens (including phenoxy) is 1. The minimum atomic E-state index is -0.196. The van der Waals surface area contributed by atoms with Crippen LogP contribution in [-0.2, 0) is 9.53 Å². The zero-order chi connectivity index (χ0) is 10.4. The highest BCUT2D eigenvalue weighted by Crippen LogP contribution is 2.07. The highest BCUT2D eigenvalue weighted by atomic mass is 16.5. The predicted molar refractivity (Wildman–Crippen MR) is 55.2 cm³/mol. The molecule has 1 fully saturated rings. The molecule has 0 bridgehead atoms. The minimum absolute atomic E-state index is 0.196. The van der Waals surface area contributed by atoms with E-state index in [0.717, 1.165) is 6.54 Å². The maximum Gasteiger partial charge on any atom is 0.319 e. The Bertz CT molecular complexity index is 179. The van der Waals surface area contributed by atoms with Crippen molar-refractivity contribution in [3.05, 3.63) is 0 Å². The van der Waals surface area contributed by atoms with Gasteiger partial charge >= 0.3 is 5.97 Å². The topological polar surface area (TPSA) is 41.6 Å². The monoisotopic (exact) mass is 200 g/mol. The Kier molecular flexibility index (Phi) is 4.90. The summed E-state index contributed by atoms with van der Waals surface area (Å²) in [5, 5.41) is 3.14. The molecule has 0 aromatic carbocycles. The summed E-state index contributed by atoms with van der Waals surface area (Å²) in [4.78, 5) is 13.3. The second-order valence-electron chi connectivity index (χ2n) is 3.87. The number of nitrogens with one attached hydrogen (secondary N) is 1. The molecule has 0 aromatic rings. The van der Waals surface area contributed by atoms with Crippen molar-refractivity contribution >= 4 is 5.97 Å². The maximum atomic E-state index is 10.9. The van der Waals surface area contributed by atoms with Gasteiger partial charge in [0.25, 0.3) is 0 Å². The van der Waals surface area contributed by atoms with Gasteiger partial charge in [-0.1, -0.05) is 0 Å². The highest BCUT2D eigenvalue weighted by molar-refractivity contribution is 5.71. The van der Waals surface area contributed by atoms with Gasteiger partial charge in [0.1, 0.15) is 0 Å². The molecule has 0 aromatic heterocycles. The zero-order valence-electron chi connectivity index (χ0n) is 9.08. The number of carbonyl (C=O) groups is 1. The molecule has 82 valence electrons. The lowest BCUT2D eigenvalue weighted by atomic mass is 10.3. The third-order valence-corrected chi connectivity index (χ3v) is 2.55. The standard InChI is InChI=1S/C10H20N2O2/c1-9(11-7-10(13)14-2)8-12-5-3-4-6-12/h9,11H,3-8H2,1-2H3. The number of likely N-dealkylation sites (tertiary alicyclic amines) is 1. The van der Waals surface area contributed by atoms with Gasteiger partial charge in [0.2, 0.25) is 0 Å². The van der Waals surface area contributed by atoms with E-state index in [2.05, 4.69) is 21.9 Å². The summed E-state index contributed by atoms with van der Waals surface area (Å²) in [6, 6.07) is 0.354. The van der Waals surface area contributed by atoms with E-state index < -0.39 is 0 Å². The van der Waals surface area contributed by atoms with Gasteiger partial charge in [-0.2, -0.15) is 0 Å². The van der Waals surface area contributed by atoms with Crippen LogP contribution >= 0.6 is 0 Å². The molecule has 1 atom stereocenters. The van der Waals surface area contributed by atoms with Crippen LogP contribution in [0.2, 0.25) is 0 Å². The van der Waals surface area contributed by atoms with Crippen LogP contribution in [0.3, 0.4) is 0 Å². The summed E-state index contributed by atoms with van der Waals surface area (Å²) in [6.45, 7) is 5.83. The highest BCUT2D eigenvalue weighted by Gasteiger charge is 2.14. The fraction of sp³-hybridized carbons (Fsp3) is 0.900. The van der Waals surface area contributed by atoms with Crippen LogP contribution < -0.4 is 5.32 Å². The van der Waals surface area contributed by atoms with Crippen LogP contribution in [0.4, 0.5) is 0 Å². The van der Waals surface area contributed by atoms with Crippen LogP contribution in [0.1, 0.15) is 19.8 Å². The van der Waals surface area contributed by atoms with Crippen LogP contribution in [0.25, 0.3) is 0 Å². The first kappa shape index (κ1) is 11.5. The summed E-state index contributed by atoms with van der Waals surface area (Å²) in [6.07, 6.45) is 2.62. The van der Waals surface area contributed by atoms with E-state index in [1.165, 1.54) is 33.0 Å². The van der Waals surface area contributed by atoms with E-state index in [0.29, 0.717) is 12.6 Å². The Labute approximate surface area is 85.6 Å². The second kappa shape index (κ2) is 5.98. The fourth-order valence-electron chi connectivity index (χ4n) is 1.75. The Morgan fingerprint density at radius 1 is 1.50 bits per heavy atom. The maximum absolute atomic E-state index is 10.9. The van der Waals surface area contributed by atoms with Gasteiger partial charge in [0.05, 0.1) is 13.7 Å². The first-order chi connectivity index (χ1) is 6.72. The average molecular weight is 200 g/mol. The number of hydrogen-bond donors (Lipinski definition) is 1. The van der Waals surface area contributed by atoms with Crippen molar-refractivity contribution in [1.82, 2.24) is 10.2 Å². The van der Waals surface area contributed by atoms with Crippen molar-refractivity contribution in [2.24, 2.45) is 0 Å². The number of nitrogens with zero attached hydrogens (tertiary/aromatic N) is 1. The third kappa shape index (κ3) is 4.07. The molecule has 0 saturated carbocycles. The first-order valence-electron chi connectivity index (χ1n) is 5.25. The van der Waals surface area contributed by atoms with Crippen molar-refractivity contribution < 1.29 is 9.53 Å². The predicted octanol–water partition coefficient (Wildman–Crippen LogP) is 0.233.